The SMILES string of the molecule is Cn1c(/C(C#N)=c2/s/c(=C\c3cccs3)c(=O)n2-c2ccccc2)nc2ccccc21. The lowest BCUT2D eigenvalue weighted by atomic mass is 10.3. The van der Waals surface area contributed by atoms with Crippen LogP contribution in [-0.2, 0) is 7.05 Å². The molecule has 3 aromatic heterocycles. The zero-order valence-corrected chi connectivity index (χ0v) is 18.2. The first kappa shape index (κ1) is 19.2. The molecule has 0 saturated heterocycles. The Morgan fingerprint density at radius 1 is 1.06 bits per heavy atom. The Hall–Kier alpha value is -3.73. The maximum absolute atomic E-state index is 13.4. The van der Waals surface area contributed by atoms with Gasteiger partial charge in [0.25, 0.3) is 5.56 Å². The summed E-state index contributed by atoms with van der Waals surface area (Å²) in [6.07, 6.45) is 1.88. The second-order valence-electron chi connectivity index (χ2n) is 6.88. The van der Waals surface area contributed by atoms with Crippen LogP contribution in [0.25, 0.3) is 28.4 Å². The predicted octanol–water partition coefficient (Wildman–Crippen LogP) is 3.40. The van der Waals surface area contributed by atoms with E-state index < -0.39 is 0 Å². The van der Waals surface area contributed by atoms with Crippen LogP contribution in [0.15, 0.2) is 76.9 Å². The van der Waals surface area contributed by atoms with Gasteiger partial charge in [0.05, 0.1) is 21.3 Å². The highest BCUT2D eigenvalue weighted by Crippen LogP contribution is 2.19. The van der Waals surface area contributed by atoms with E-state index in [1.165, 1.54) is 11.3 Å². The molecule has 0 N–H and O–H groups in total. The third-order valence-electron chi connectivity index (χ3n) is 4.99. The van der Waals surface area contributed by atoms with E-state index in [0.717, 1.165) is 21.6 Å². The molecule has 5 rings (SSSR count). The molecule has 0 saturated carbocycles. The Morgan fingerprint density at radius 3 is 2.55 bits per heavy atom. The molecular formula is C24H16N4OS2. The van der Waals surface area contributed by atoms with Crippen molar-refractivity contribution >= 4 is 45.4 Å². The van der Waals surface area contributed by atoms with Gasteiger partial charge in [0.15, 0.2) is 5.82 Å². The van der Waals surface area contributed by atoms with E-state index in [2.05, 4.69) is 6.07 Å². The number of imidazole rings is 1. The zero-order chi connectivity index (χ0) is 21.4. The van der Waals surface area contributed by atoms with Gasteiger partial charge in [0.2, 0.25) is 0 Å². The van der Waals surface area contributed by atoms with Crippen LogP contribution in [0.3, 0.4) is 0 Å². The second kappa shape index (κ2) is 7.84. The van der Waals surface area contributed by atoms with E-state index in [4.69, 9.17) is 4.98 Å². The monoisotopic (exact) mass is 440 g/mol. The van der Waals surface area contributed by atoms with Gasteiger partial charge in [-0.05, 0) is 41.8 Å². The smallest absolute Gasteiger partial charge is 0.273 e. The number of aromatic nitrogens is 3. The average Bonchev–Trinajstić information content (AvgIpc) is 3.50. The van der Waals surface area contributed by atoms with Gasteiger partial charge in [-0.15, -0.1) is 22.7 Å². The number of fused-ring (bicyclic) bond motifs is 1. The number of thiazole rings is 1. The van der Waals surface area contributed by atoms with Crippen LogP contribution in [-0.4, -0.2) is 14.1 Å². The van der Waals surface area contributed by atoms with Crippen molar-refractivity contribution in [3.05, 3.63) is 102 Å². The maximum Gasteiger partial charge on any atom is 0.273 e. The Bertz CT molecular complexity index is 1620. The van der Waals surface area contributed by atoms with Gasteiger partial charge in [-0.25, -0.2) is 4.98 Å². The van der Waals surface area contributed by atoms with E-state index in [9.17, 15) is 10.1 Å². The van der Waals surface area contributed by atoms with Crippen molar-refractivity contribution in [1.82, 2.24) is 14.1 Å². The molecule has 0 atom stereocenters. The van der Waals surface area contributed by atoms with Crippen LogP contribution in [0.1, 0.15) is 10.7 Å². The second-order valence-corrected chi connectivity index (χ2v) is 8.89. The third kappa shape index (κ3) is 3.32. The summed E-state index contributed by atoms with van der Waals surface area (Å²) < 4.78 is 4.66. The van der Waals surface area contributed by atoms with Crippen molar-refractivity contribution in [2.45, 2.75) is 0 Å². The summed E-state index contributed by atoms with van der Waals surface area (Å²) in [6.45, 7) is 0. The number of nitriles is 1. The summed E-state index contributed by atoms with van der Waals surface area (Å²) >= 11 is 2.88. The third-order valence-corrected chi connectivity index (χ3v) is 6.90. The van der Waals surface area contributed by atoms with Crippen LogP contribution in [0.4, 0.5) is 0 Å². The number of hydrogen-bond acceptors (Lipinski definition) is 5. The molecule has 0 aliphatic heterocycles. The Labute approximate surface area is 185 Å². The largest absolute Gasteiger partial charge is 0.326 e. The number of para-hydroxylation sites is 3. The molecule has 0 spiro atoms. The van der Waals surface area contributed by atoms with Gasteiger partial charge in [0, 0.05) is 11.9 Å². The van der Waals surface area contributed by atoms with E-state index in [1.54, 1.807) is 15.9 Å². The van der Waals surface area contributed by atoms with Crippen molar-refractivity contribution in [2.75, 3.05) is 0 Å². The zero-order valence-electron chi connectivity index (χ0n) is 16.5. The highest BCUT2D eigenvalue weighted by atomic mass is 32.1. The number of nitrogens with zero attached hydrogens (tertiary/aromatic N) is 4. The standard InChI is InChI=1S/C24H16N4OS2/c1-27-20-12-6-5-11-19(20)26-22(27)18(15-25)24-28(16-8-3-2-4-9-16)23(29)21(31-24)14-17-10-7-13-30-17/h2-14H,1H3/b21-14-,24-18+. The minimum Gasteiger partial charge on any atom is -0.326 e. The van der Waals surface area contributed by atoms with Gasteiger partial charge >= 0.3 is 0 Å². The van der Waals surface area contributed by atoms with Gasteiger partial charge in [-0.1, -0.05) is 36.4 Å². The topological polar surface area (TPSA) is 63.6 Å². The fourth-order valence-corrected chi connectivity index (χ4v) is 5.35. The lowest BCUT2D eigenvalue weighted by molar-refractivity contribution is 0.915. The molecule has 0 aliphatic carbocycles. The summed E-state index contributed by atoms with van der Waals surface area (Å²) in [7, 11) is 1.89. The lowest BCUT2D eigenvalue weighted by Gasteiger charge is -2.04. The summed E-state index contributed by atoms with van der Waals surface area (Å²) in [6, 6.07) is 23.4. The van der Waals surface area contributed by atoms with Crippen LogP contribution in [0.2, 0.25) is 0 Å². The average molecular weight is 441 g/mol. The predicted molar refractivity (Wildman–Crippen MR) is 126 cm³/mol. The fraction of sp³-hybridized carbons (Fsp3) is 0.0417. The number of hydrogen-bond donors (Lipinski definition) is 0. The van der Waals surface area contributed by atoms with Crippen molar-refractivity contribution in [1.29, 1.82) is 5.26 Å². The molecule has 0 unspecified atom stereocenters. The molecule has 150 valence electrons. The van der Waals surface area contributed by atoms with Crippen LogP contribution >= 0.6 is 22.7 Å². The first-order valence-corrected chi connectivity index (χ1v) is 11.3. The van der Waals surface area contributed by atoms with Crippen molar-refractivity contribution in [2.24, 2.45) is 7.05 Å². The number of thiophene rings is 1. The molecule has 3 heterocycles. The molecule has 0 aliphatic rings. The minimum absolute atomic E-state index is 0.147. The molecule has 5 aromatic rings. The highest BCUT2D eigenvalue weighted by Gasteiger charge is 2.17. The quantitative estimate of drug-likeness (QED) is 0.432. The van der Waals surface area contributed by atoms with E-state index in [-0.39, 0.29) is 5.56 Å². The number of rotatable bonds is 3. The molecule has 31 heavy (non-hydrogen) atoms. The molecule has 7 heteroatoms. The first-order chi connectivity index (χ1) is 15.2. The number of aryl methyl sites for hydroxylation is 1. The van der Waals surface area contributed by atoms with Gasteiger partial charge in [-0.2, -0.15) is 5.26 Å². The molecule has 0 amide bonds. The first-order valence-electron chi connectivity index (χ1n) is 9.56. The van der Waals surface area contributed by atoms with Crippen molar-refractivity contribution < 1.29 is 0 Å². The molecule has 0 fully saturated rings. The summed E-state index contributed by atoms with van der Waals surface area (Å²) in [5.74, 6) is 0.539. The Morgan fingerprint density at radius 2 is 1.84 bits per heavy atom. The normalized spacial score (nSPS) is 12.8. The van der Waals surface area contributed by atoms with Crippen molar-refractivity contribution in [3.63, 3.8) is 0 Å². The van der Waals surface area contributed by atoms with Crippen LogP contribution in [0, 0.1) is 11.3 Å². The Balaban J connectivity index is 1.91. The van der Waals surface area contributed by atoms with Crippen molar-refractivity contribution in [3.8, 4) is 11.8 Å². The molecule has 0 bridgehead atoms. The highest BCUT2D eigenvalue weighted by molar-refractivity contribution is 7.11. The summed E-state index contributed by atoms with van der Waals surface area (Å²) in [5, 5.41) is 12.1. The van der Waals surface area contributed by atoms with E-state index >= 15 is 0 Å². The molecule has 2 aromatic carbocycles. The molecule has 5 nitrogen and oxygen atoms in total. The maximum atomic E-state index is 13.4. The minimum atomic E-state index is -0.147. The molecule has 0 radical (unpaired) electrons. The van der Waals surface area contributed by atoms with E-state index in [0.29, 0.717) is 20.6 Å². The summed E-state index contributed by atoms with van der Waals surface area (Å²) in [5.41, 5.74) is 2.68. The van der Waals surface area contributed by atoms with Gasteiger partial charge in [-0.3, -0.25) is 9.36 Å². The summed E-state index contributed by atoms with van der Waals surface area (Å²) in [4.78, 5) is 19.1. The lowest BCUT2D eigenvalue weighted by Crippen LogP contribution is -2.31. The van der Waals surface area contributed by atoms with Gasteiger partial charge in [0.1, 0.15) is 16.3 Å². The van der Waals surface area contributed by atoms with Crippen LogP contribution in [0.5, 0.6) is 0 Å². The van der Waals surface area contributed by atoms with E-state index in [1.807, 2.05) is 89.8 Å². The molecular weight excluding hydrogens is 424 g/mol. The van der Waals surface area contributed by atoms with Gasteiger partial charge < -0.3 is 4.57 Å². The number of benzene rings is 2. The Kier molecular flexibility index (Phi) is 4.86. The van der Waals surface area contributed by atoms with Crippen LogP contribution < -0.4 is 14.8 Å². The fourth-order valence-electron chi connectivity index (χ4n) is 3.53.